The maximum Gasteiger partial charge on any atom is 0.191 e. The van der Waals surface area contributed by atoms with Gasteiger partial charge in [0.25, 0.3) is 0 Å². The lowest BCUT2D eigenvalue weighted by molar-refractivity contribution is 0.326. The van der Waals surface area contributed by atoms with E-state index in [-0.39, 0.29) is 0 Å². The third-order valence-electron chi connectivity index (χ3n) is 5.05. The van der Waals surface area contributed by atoms with Crippen LogP contribution in [0.25, 0.3) is 11.3 Å². The number of aryl methyl sites for hydroxylation is 2. The van der Waals surface area contributed by atoms with Crippen LogP contribution >= 0.6 is 0 Å². The standard InChI is InChI=1S/C18H17N3O/c1-11-20-15-8-12(6-7-17(15)22-11)18-14-5-3-2-4-13(14)16-9-19-10-21(16)18/h2-5,9-10,12,18H,6-8H2,1H3. The van der Waals surface area contributed by atoms with Gasteiger partial charge in [0.1, 0.15) is 5.76 Å². The first-order valence-corrected chi connectivity index (χ1v) is 7.87. The van der Waals surface area contributed by atoms with Gasteiger partial charge in [-0.25, -0.2) is 9.97 Å². The molecule has 110 valence electrons. The van der Waals surface area contributed by atoms with Crippen LogP contribution in [0.1, 0.15) is 35.4 Å². The zero-order chi connectivity index (χ0) is 14.7. The summed E-state index contributed by atoms with van der Waals surface area (Å²) in [5.41, 5.74) is 5.14. The average Bonchev–Trinajstić information content (AvgIpc) is 3.18. The van der Waals surface area contributed by atoms with Gasteiger partial charge in [0.15, 0.2) is 5.89 Å². The third-order valence-corrected chi connectivity index (χ3v) is 5.05. The minimum absolute atomic E-state index is 0.374. The molecule has 0 fully saturated rings. The smallest absolute Gasteiger partial charge is 0.191 e. The second-order valence-corrected chi connectivity index (χ2v) is 6.32. The molecule has 1 aliphatic heterocycles. The number of aromatic nitrogens is 3. The van der Waals surface area contributed by atoms with Crippen molar-refractivity contribution in [3.63, 3.8) is 0 Å². The van der Waals surface area contributed by atoms with Crippen molar-refractivity contribution < 1.29 is 4.42 Å². The topological polar surface area (TPSA) is 43.9 Å². The van der Waals surface area contributed by atoms with Crippen LogP contribution in [-0.4, -0.2) is 14.5 Å². The summed E-state index contributed by atoms with van der Waals surface area (Å²) in [6.07, 6.45) is 7.07. The molecule has 0 bridgehead atoms. The second kappa shape index (κ2) is 4.32. The third kappa shape index (κ3) is 1.58. The Morgan fingerprint density at radius 1 is 1.27 bits per heavy atom. The van der Waals surface area contributed by atoms with Crippen molar-refractivity contribution in [1.29, 1.82) is 0 Å². The molecule has 0 saturated heterocycles. The van der Waals surface area contributed by atoms with E-state index in [1.807, 2.05) is 19.4 Å². The van der Waals surface area contributed by atoms with Gasteiger partial charge in [-0.2, -0.15) is 0 Å². The SMILES string of the molecule is Cc1nc2c(o1)CCC(C1c3ccccc3-c3cncn31)C2. The molecule has 1 aliphatic carbocycles. The molecular weight excluding hydrogens is 274 g/mol. The molecule has 0 spiro atoms. The molecule has 0 N–H and O–H groups in total. The van der Waals surface area contributed by atoms with Gasteiger partial charge >= 0.3 is 0 Å². The summed E-state index contributed by atoms with van der Waals surface area (Å²) in [5, 5.41) is 0. The molecule has 3 heterocycles. The van der Waals surface area contributed by atoms with Crippen LogP contribution in [-0.2, 0) is 12.8 Å². The Morgan fingerprint density at radius 3 is 3.14 bits per heavy atom. The summed E-state index contributed by atoms with van der Waals surface area (Å²) >= 11 is 0. The van der Waals surface area contributed by atoms with Crippen LogP contribution in [0.4, 0.5) is 0 Å². The fraction of sp³-hybridized carbons (Fsp3) is 0.333. The highest BCUT2D eigenvalue weighted by Gasteiger charge is 2.37. The largest absolute Gasteiger partial charge is 0.446 e. The Morgan fingerprint density at radius 2 is 2.18 bits per heavy atom. The van der Waals surface area contributed by atoms with Gasteiger partial charge in [-0.1, -0.05) is 24.3 Å². The predicted molar refractivity (Wildman–Crippen MR) is 82.6 cm³/mol. The van der Waals surface area contributed by atoms with E-state index in [9.17, 15) is 0 Å². The lowest BCUT2D eigenvalue weighted by atomic mass is 9.82. The van der Waals surface area contributed by atoms with Gasteiger partial charge in [-0.3, -0.25) is 0 Å². The van der Waals surface area contributed by atoms with Crippen molar-refractivity contribution in [2.45, 2.75) is 32.2 Å². The van der Waals surface area contributed by atoms with Gasteiger partial charge in [-0.05, 0) is 24.3 Å². The molecule has 0 amide bonds. The Bertz CT molecular complexity index is 861. The zero-order valence-corrected chi connectivity index (χ0v) is 12.5. The van der Waals surface area contributed by atoms with Crippen LogP contribution in [0.5, 0.6) is 0 Å². The normalized spacial score (nSPS) is 22.2. The van der Waals surface area contributed by atoms with E-state index >= 15 is 0 Å². The highest BCUT2D eigenvalue weighted by Crippen LogP contribution is 2.46. The number of oxazole rings is 1. The maximum atomic E-state index is 5.71. The summed E-state index contributed by atoms with van der Waals surface area (Å²) < 4.78 is 8.05. The fourth-order valence-electron chi connectivity index (χ4n) is 4.16. The molecule has 0 radical (unpaired) electrons. The van der Waals surface area contributed by atoms with Crippen LogP contribution in [0, 0.1) is 12.8 Å². The molecule has 2 aromatic heterocycles. The van der Waals surface area contributed by atoms with Crippen molar-refractivity contribution in [2.24, 2.45) is 5.92 Å². The van der Waals surface area contributed by atoms with E-state index < -0.39 is 0 Å². The molecule has 2 aliphatic rings. The quantitative estimate of drug-likeness (QED) is 0.688. The second-order valence-electron chi connectivity index (χ2n) is 6.32. The number of hydrogen-bond donors (Lipinski definition) is 0. The van der Waals surface area contributed by atoms with E-state index in [1.165, 1.54) is 16.8 Å². The minimum Gasteiger partial charge on any atom is -0.446 e. The summed E-state index contributed by atoms with van der Waals surface area (Å²) in [4.78, 5) is 8.95. The molecule has 22 heavy (non-hydrogen) atoms. The number of hydrogen-bond acceptors (Lipinski definition) is 3. The van der Waals surface area contributed by atoms with Crippen LogP contribution in [0.2, 0.25) is 0 Å². The Balaban J connectivity index is 1.59. The lowest BCUT2D eigenvalue weighted by Crippen LogP contribution is -2.24. The number of benzene rings is 1. The molecular formula is C18H17N3O. The van der Waals surface area contributed by atoms with E-state index in [1.54, 1.807) is 0 Å². The maximum absolute atomic E-state index is 5.71. The molecule has 2 atom stereocenters. The molecule has 4 nitrogen and oxygen atoms in total. The molecule has 1 aromatic carbocycles. The number of rotatable bonds is 1. The van der Waals surface area contributed by atoms with E-state index in [0.29, 0.717) is 12.0 Å². The van der Waals surface area contributed by atoms with Gasteiger partial charge in [0.05, 0.1) is 30.0 Å². The minimum atomic E-state index is 0.374. The first-order chi connectivity index (χ1) is 10.8. The highest BCUT2D eigenvalue weighted by atomic mass is 16.4. The van der Waals surface area contributed by atoms with E-state index in [4.69, 9.17) is 4.42 Å². The molecule has 2 unspecified atom stereocenters. The van der Waals surface area contributed by atoms with Crippen molar-refractivity contribution in [1.82, 2.24) is 14.5 Å². The van der Waals surface area contributed by atoms with Crippen molar-refractivity contribution in [3.05, 3.63) is 59.7 Å². The first kappa shape index (κ1) is 12.2. The summed E-state index contributed by atoms with van der Waals surface area (Å²) in [6, 6.07) is 9.09. The van der Waals surface area contributed by atoms with Crippen molar-refractivity contribution in [2.75, 3.05) is 0 Å². The van der Waals surface area contributed by atoms with Crippen LogP contribution in [0.3, 0.4) is 0 Å². The van der Waals surface area contributed by atoms with Gasteiger partial charge in [0.2, 0.25) is 0 Å². The van der Waals surface area contributed by atoms with Gasteiger partial charge in [0, 0.05) is 18.9 Å². The predicted octanol–water partition coefficient (Wildman–Crippen LogP) is 3.55. The summed E-state index contributed by atoms with van der Waals surface area (Å²) in [5.74, 6) is 2.43. The number of fused-ring (bicyclic) bond motifs is 4. The van der Waals surface area contributed by atoms with Gasteiger partial charge < -0.3 is 8.98 Å². The number of nitrogens with zero attached hydrogens (tertiary/aromatic N) is 3. The Labute approximate surface area is 128 Å². The molecule has 0 saturated carbocycles. The van der Waals surface area contributed by atoms with Crippen molar-refractivity contribution in [3.8, 4) is 11.3 Å². The van der Waals surface area contributed by atoms with E-state index in [2.05, 4.69) is 38.8 Å². The highest BCUT2D eigenvalue weighted by molar-refractivity contribution is 5.69. The first-order valence-electron chi connectivity index (χ1n) is 7.87. The summed E-state index contributed by atoms with van der Waals surface area (Å²) in [7, 11) is 0. The lowest BCUT2D eigenvalue weighted by Gasteiger charge is -2.28. The molecule has 4 heteroatoms. The zero-order valence-electron chi connectivity index (χ0n) is 12.5. The summed E-state index contributed by atoms with van der Waals surface area (Å²) in [6.45, 7) is 1.94. The Hall–Kier alpha value is -2.36. The molecule has 5 rings (SSSR count). The molecule has 3 aromatic rings. The Kier molecular flexibility index (Phi) is 2.40. The fourth-order valence-corrected chi connectivity index (χ4v) is 4.16. The number of imidazole rings is 1. The van der Waals surface area contributed by atoms with Crippen LogP contribution in [0.15, 0.2) is 41.2 Å². The monoisotopic (exact) mass is 291 g/mol. The van der Waals surface area contributed by atoms with Crippen molar-refractivity contribution >= 4 is 0 Å². The van der Waals surface area contributed by atoms with Crippen LogP contribution < -0.4 is 0 Å². The van der Waals surface area contributed by atoms with E-state index in [0.717, 1.165) is 36.6 Å². The van der Waals surface area contributed by atoms with Gasteiger partial charge in [-0.15, -0.1) is 0 Å². The average molecular weight is 291 g/mol.